The molecule has 1 aromatic carbocycles. The van der Waals surface area contributed by atoms with Gasteiger partial charge in [-0.15, -0.1) is 0 Å². The van der Waals surface area contributed by atoms with Gasteiger partial charge in [-0.2, -0.15) is 0 Å². The number of carbonyl (C=O) groups excluding carboxylic acids is 2. The Morgan fingerprint density at radius 3 is 2.39 bits per heavy atom. The highest BCUT2D eigenvalue weighted by Crippen LogP contribution is 2.17. The summed E-state index contributed by atoms with van der Waals surface area (Å²) in [6.07, 6.45) is 2.32. The van der Waals surface area contributed by atoms with Gasteiger partial charge in [-0.05, 0) is 18.4 Å². The van der Waals surface area contributed by atoms with Crippen molar-refractivity contribution in [1.29, 1.82) is 0 Å². The van der Waals surface area contributed by atoms with E-state index in [0.717, 1.165) is 19.4 Å². The minimum atomic E-state index is -0.408. The molecule has 23 heavy (non-hydrogen) atoms. The lowest BCUT2D eigenvalue weighted by Gasteiger charge is -2.19. The standard InChI is InChI=1S/C18H27N3O2/c1-4-19-18(23)20-17(22)12-21(16-9-10-16)11-14-5-7-15(8-6-14)13(2)3/h5-8,13,16H,4,9-12H2,1-3H3,(H2,19,20,22,23)/p+1. The molecular formula is C18H28N3O2+. The predicted octanol–water partition coefficient (Wildman–Crippen LogP) is 1.20. The lowest BCUT2D eigenvalue weighted by atomic mass is 10.0. The molecule has 3 N–H and O–H groups in total. The number of hydrogen-bond acceptors (Lipinski definition) is 2. The van der Waals surface area contributed by atoms with Gasteiger partial charge in [0.2, 0.25) is 0 Å². The smallest absolute Gasteiger partial charge is 0.321 e. The minimum absolute atomic E-state index is 0.211. The van der Waals surface area contributed by atoms with Gasteiger partial charge in [0.05, 0.1) is 6.04 Å². The Morgan fingerprint density at radius 1 is 1.22 bits per heavy atom. The minimum Gasteiger partial charge on any atom is -0.338 e. The molecule has 1 aliphatic carbocycles. The van der Waals surface area contributed by atoms with Crippen molar-refractivity contribution in [3.8, 4) is 0 Å². The van der Waals surface area contributed by atoms with Crippen molar-refractivity contribution in [2.24, 2.45) is 0 Å². The van der Waals surface area contributed by atoms with Crippen molar-refractivity contribution >= 4 is 11.9 Å². The summed E-state index contributed by atoms with van der Waals surface area (Å²) in [6.45, 7) is 7.87. The van der Waals surface area contributed by atoms with Crippen molar-refractivity contribution in [2.45, 2.75) is 52.1 Å². The largest absolute Gasteiger partial charge is 0.338 e. The summed E-state index contributed by atoms with van der Waals surface area (Å²) in [5, 5.41) is 4.97. The molecule has 1 aliphatic rings. The zero-order valence-electron chi connectivity index (χ0n) is 14.3. The Hall–Kier alpha value is -1.88. The van der Waals surface area contributed by atoms with E-state index in [4.69, 9.17) is 0 Å². The lowest BCUT2D eigenvalue weighted by molar-refractivity contribution is -0.917. The average Bonchev–Trinajstić information content (AvgIpc) is 3.31. The summed E-state index contributed by atoms with van der Waals surface area (Å²) in [4.78, 5) is 24.7. The van der Waals surface area contributed by atoms with Gasteiger partial charge in [0, 0.05) is 24.9 Å². The Bertz CT molecular complexity index is 536. The Kier molecular flexibility index (Phi) is 6.16. The maximum Gasteiger partial charge on any atom is 0.321 e. The van der Waals surface area contributed by atoms with Gasteiger partial charge < -0.3 is 10.2 Å². The monoisotopic (exact) mass is 318 g/mol. The lowest BCUT2D eigenvalue weighted by Crippen LogP contribution is -3.13. The molecule has 5 heteroatoms. The van der Waals surface area contributed by atoms with Gasteiger partial charge in [0.1, 0.15) is 6.54 Å². The van der Waals surface area contributed by atoms with Gasteiger partial charge in [-0.3, -0.25) is 10.1 Å². The first kappa shape index (κ1) is 17.5. The van der Waals surface area contributed by atoms with E-state index in [2.05, 4.69) is 48.7 Å². The summed E-state index contributed by atoms with van der Waals surface area (Å²) in [6, 6.07) is 8.77. The van der Waals surface area contributed by atoms with E-state index < -0.39 is 6.03 Å². The molecule has 5 nitrogen and oxygen atoms in total. The summed E-state index contributed by atoms with van der Waals surface area (Å²) in [7, 11) is 0. The van der Waals surface area contributed by atoms with Crippen LogP contribution in [-0.2, 0) is 11.3 Å². The second-order valence-corrected chi connectivity index (χ2v) is 6.59. The molecule has 1 unspecified atom stereocenters. The van der Waals surface area contributed by atoms with Crippen LogP contribution in [-0.4, -0.2) is 31.1 Å². The Morgan fingerprint density at radius 2 is 1.87 bits per heavy atom. The van der Waals surface area contributed by atoms with Crippen molar-refractivity contribution in [1.82, 2.24) is 10.6 Å². The molecule has 2 rings (SSSR count). The van der Waals surface area contributed by atoms with Crippen LogP contribution >= 0.6 is 0 Å². The summed E-state index contributed by atoms with van der Waals surface area (Å²) >= 11 is 0. The average molecular weight is 318 g/mol. The van der Waals surface area contributed by atoms with Gasteiger partial charge >= 0.3 is 6.03 Å². The molecular weight excluding hydrogens is 290 g/mol. The van der Waals surface area contributed by atoms with Crippen LogP contribution in [0.2, 0.25) is 0 Å². The number of rotatable bonds is 7. The Labute approximate surface area is 138 Å². The van der Waals surface area contributed by atoms with Gasteiger partial charge in [-0.25, -0.2) is 4.79 Å². The van der Waals surface area contributed by atoms with Crippen LogP contribution in [0.5, 0.6) is 0 Å². The van der Waals surface area contributed by atoms with E-state index >= 15 is 0 Å². The Balaban J connectivity index is 1.91. The molecule has 0 bridgehead atoms. The maximum atomic E-state index is 12.0. The highest BCUT2D eigenvalue weighted by atomic mass is 16.2. The molecule has 126 valence electrons. The number of nitrogens with one attached hydrogen (secondary N) is 3. The van der Waals surface area contributed by atoms with Crippen molar-refractivity contribution < 1.29 is 14.5 Å². The van der Waals surface area contributed by atoms with Gasteiger partial charge in [0.15, 0.2) is 6.54 Å². The van der Waals surface area contributed by atoms with Crippen LogP contribution in [0.1, 0.15) is 50.7 Å². The SMILES string of the molecule is CCNC(=O)NC(=O)C[NH+](Cc1ccc(C(C)C)cc1)C1CC1. The third kappa shape index (κ3) is 5.67. The van der Waals surface area contributed by atoms with Crippen molar-refractivity contribution in [3.05, 3.63) is 35.4 Å². The summed E-state index contributed by atoms with van der Waals surface area (Å²) in [5.74, 6) is 0.315. The van der Waals surface area contributed by atoms with Crippen LogP contribution < -0.4 is 15.5 Å². The molecule has 0 saturated heterocycles. The molecule has 1 saturated carbocycles. The van der Waals surface area contributed by atoms with Crippen molar-refractivity contribution in [3.63, 3.8) is 0 Å². The van der Waals surface area contributed by atoms with Crippen molar-refractivity contribution in [2.75, 3.05) is 13.1 Å². The fourth-order valence-electron chi connectivity index (χ4n) is 2.71. The van der Waals surface area contributed by atoms with Crippen LogP contribution in [0.4, 0.5) is 4.79 Å². The second kappa shape index (κ2) is 8.11. The first-order valence-corrected chi connectivity index (χ1v) is 8.50. The zero-order chi connectivity index (χ0) is 16.8. The van der Waals surface area contributed by atoms with Crippen LogP contribution in [0.3, 0.4) is 0 Å². The molecule has 0 aliphatic heterocycles. The molecule has 1 aromatic rings. The number of hydrogen-bond donors (Lipinski definition) is 3. The van der Waals surface area contributed by atoms with E-state index in [1.54, 1.807) is 0 Å². The quantitative estimate of drug-likeness (QED) is 0.707. The fraction of sp³-hybridized carbons (Fsp3) is 0.556. The first-order chi connectivity index (χ1) is 11.0. The maximum absolute atomic E-state index is 12.0. The number of quaternary nitrogens is 1. The summed E-state index contributed by atoms with van der Waals surface area (Å²) in [5.41, 5.74) is 2.57. The normalized spacial score (nSPS) is 15.3. The van der Waals surface area contributed by atoms with Crippen LogP contribution in [0.15, 0.2) is 24.3 Å². The fourth-order valence-corrected chi connectivity index (χ4v) is 2.71. The molecule has 0 aromatic heterocycles. The highest BCUT2D eigenvalue weighted by Gasteiger charge is 2.34. The van der Waals surface area contributed by atoms with Crippen LogP contribution in [0, 0.1) is 0 Å². The number of amides is 3. The van der Waals surface area contributed by atoms with E-state index in [0.29, 0.717) is 25.0 Å². The molecule has 1 atom stereocenters. The topological polar surface area (TPSA) is 62.6 Å². The molecule has 0 radical (unpaired) electrons. The molecule has 0 heterocycles. The number of benzene rings is 1. The number of urea groups is 1. The highest BCUT2D eigenvalue weighted by molar-refractivity contribution is 5.94. The van der Waals surface area contributed by atoms with Gasteiger partial charge in [0.25, 0.3) is 5.91 Å². The third-order valence-corrected chi connectivity index (χ3v) is 4.21. The van der Waals surface area contributed by atoms with E-state index in [-0.39, 0.29) is 5.91 Å². The zero-order valence-corrected chi connectivity index (χ0v) is 14.3. The molecule has 3 amide bonds. The van der Waals surface area contributed by atoms with E-state index in [9.17, 15) is 9.59 Å². The van der Waals surface area contributed by atoms with E-state index in [1.165, 1.54) is 16.0 Å². The number of carbonyl (C=O) groups is 2. The third-order valence-electron chi connectivity index (χ3n) is 4.21. The van der Waals surface area contributed by atoms with Crippen LogP contribution in [0.25, 0.3) is 0 Å². The first-order valence-electron chi connectivity index (χ1n) is 8.50. The van der Waals surface area contributed by atoms with E-state index in [1.807, 2.05) is 6.92 Å². The second-order valence-electron chi connectivity index (χ2n) is 6.59. The number of imide groups is 1. The molecule has 1 fully saturated rings. The summed E-state index contributed by atoms with van der Waals surface area (Å²) < 4.78 is 0. The molecule has 0 spiro atoms. The predicted molar refractivity (Wildman–Crippen MR) is 90.3 cm³/mol. The van der Waals surface area contributed by atoms with Gasteiger partial charge in [-0.1, -0.05) is 38.1 Å².